The minimum atomic E-state index is 0.231. The molecule has 0 aromatic carbocycles. The fraction of sp³-hybridized carbons (Fsp3) is 0.692. The maximum Gasteiger partial charge on any atom is 0.186 e. The number of rotatable bonds is 1. The van der Waals surface area contributed by atoms with E-state index >= 15 is 0 Å². The van der Waals surface area contributed by atoms with Gasteiger partial charge in [-0.05, 0) is 25.7 Å². The number of aryl methyl sites for hydroxylation is 1. The number of hydrogen-bond donors (Lipinski definition) is 0. The Balaban J connectivity index is 1.63. The Morgan fingerprint density at radius 2 is 2.00 bits per heavy atom. The number of nitrogens with zero attached hydrogens (tertiary/aromatic N) is 2. The Bertz CT molecular complexity index is 487. The van der Waals surface area contributed by atoms with Crippen LogP contribution in [0.5, 0.6) is 0 Å². The summed E-state index contributed by atoms with van der Waals surface area (Å²) in [5, 5.41) is 1.04. The van der Waals surface area contributed by atoms with Crippen molar-refractivity contribution in [2.24, 2.45) is 0 Å². The minimum absolute atomic E-state index is 0.231. The van der Waals surface area contributed by atoms with Crippen molar-refractivity contribution in [1.29, 1.82) is 0 Å². The first-order chi connectivity index (χ1) is 8.79. The average Bonchev–Trinajstić information content (AvgIpc) is 2.94. The van der Waals surface area contributed by atoms with Crippen molar-refractivity contribution in [3.05, 3.63) is 10.6 Å². The van der Waals surface area contributed by atoms with Gasteiger partial charge in [0, 0.05) is 24.4 Å². The van der Waals surface area contributed by atoms with Gasteiger partial charge in [0.1, 0.15) is 5.69 Å². The number of hydrogen-bond acceptors (Lipinski definition) is 5. The minimum Gasteiger partial charge on any atom is -0.371 e. The molecule has 0 N–H and O–H groups in total. The molecule has 2 unspecified atom stereocenters. The fourth-order valence-electron chi connectivity index (χ4n) is 3.16. The molecule has 0 saturated carbocycles. The third-order valence-corrected chi connectivity index (χ3v) is 5.25. The molecular weight excluding hydrogens is 248 g/mol. The molecule has 2 saturated heterocycles. The van der Waals surface area contributed by atoms with Crippen LogP contribution in [0.4, 0.5) is 5.13 Å². The van der Waals surface area contributed by atoms with Crippen molar-refractivity contribution >= 4 is 22.3 Å². The van der Waals surface area contributed by atoms with Gasteiger partial charge < -0.3 is 9.64 Å². The highest BCUT2D eigenvalue weighted by molar-refractivity contribution is 7.16. The average molecular weight is 264 g/mol. The number of Topliss-reactive ketones (excluding diaryl/α,β-unsaturated/α-hetero) is 1. The lowest BCUT2D eigenvalue weighted by molar-refractivity contribution is 0.0305. The molecule has 0 radical (unpaired) electrons. The van der Waals surface area contributed by atoms with Crippen LogP contribution < -0.4 is 4.90 Å². The molecule has 0 amide bonds. The highest BCUT2D eigenvalue weighted by Crippen LogP contribution is 2.35. The van der Waals surface area contributed by atoms with Gasteiger partial charge in [0.05, 0.1) is 12.2 Å². The normalized spacial score (nSPS) is 30.7. The van der Waals surface area contributed by atoms with Gasteiger partial charge in [-0.25, -0.2) is 4.98 Å². The number of ether oxygens (including phenoxy) is 1. The highest BCUT2D eigenvalue weighted by atomic mass is 32.1. The van der Waals surface area contributed by atoms with Gasteiger partial charge in [0.15, 0.2) is 10.9 Å². The van der Waals surface area contributed by atoms with E-state index in [9.17, 15) is 4.79 Å². The Hall–Kier alpha value is -0.940. The summed E-state index contributed by atoms with van der Waals surface area (Å²) in [7, 11) is 0. The van der Waals surface area contributed by atoms with Gasteiger partial charge in [-0.2, -0.15) is 0 Å². The number of ketones is 1. The predicted molar refractivity (Wildman–Crippen MR) is 69.5 cm³/mol. The second-order valence-electron chi connectivity index (χ2n) is 5.41. The summed E-state index contributed by atoms with van der Waals surface area (Å²) in [4.78, 5) is 19.9. The third-order valence-electron chi connectivity index (χ3n) is 4.07. The van der Waals surface area contributed by atoms with E-state index in [1.54, 1.807) is 11.3 Å². The largest absolute Gasteiger partial charge is 0.371 e. The molecule has 4 rings (SSSR count). The van der Waals surface area contributed by atoms with Crippen LogP contribution in [0.2, 0.25) is 0 Å². The number of fused-ring (bicyclic) bond motifs is 3. The van der Waals surface area contributed by atoms with Crippen molar-refractivity contribution in [2.45, 2.75) is 44.3 Å². The van der Waals surface area contributed by atoms with Crippen LogP contribution in [0.25, 0.3) is 0 Å². The lowest BCUT2D eigenvalue weighted by Crippen LogP contribution is -2.42. The summed E-state index contributed by atoms with van der Waals surface area (Å²) in [6.07, 6.45) is 5.78. The van der Waals surface area contributed by atoms with Gasteiger partial charge in [0.25, 0.3) is 0 Å². The molecule has 1 aromatic heterocycles. The Morgan fingerprint density at radius 3 is 2.72 bits per heavy atom. The second-order valence-corrected chi connectivity index (χ2v) is 6.47. The van der Waals surface area contributed by atoms with Crippen LogP contribution in [0.15, 0.2) is 0 Å². The quantitative estimate of drug-likeness (QED) is 0.778. The number of anilines is 1. The van der Waals surface area contributed by atoms with Crippen molar-refractivity contribution in [3.8, 4) is 0 Å². The summed E-state index contributed by atoms with van der Waals surface area (Å²) in [5.41, 5.74) is 0.750. The molecular formula is C13H16N2O2S. The number of morpholine rings is 1. The molecule has 4 nitrogen and oxygen atoms in total. The first-order valence-corrected chi connectivity index (χ1v) is 7.54. The van der Waals surface area contributed by atoms with Crippen molar-refractivity contribution in [1.82, 2.24) is 4.98 Å². The molecule has 1 aromatic rings. The number of carbonyl (C=O) groups excluding carboxylic acids is 1. The lowest BCUT2D eigenvalue weighted by Gasteiger charge is -2.31. The van der Waals surface area contributed by atoms with Gasteiger partial charge >= 0.3 is 0 Å². The van der Waals surface area contributed by atoms with E-state index in [1.165, 1.54) is 17.7 Å². The van der Waals surface area contributed by atoms with Crippen LogP contribution in [-0.2, 0) is 11.2 Å². The van der Waals surface area contributed by atoms with Crippen molar-refractivity contribution < 1.29 is 9.53 Å². The first-order valence-electron chi connectivity index (χ1n) is 6.73. The van der Waals surface area contributed by atoms with E-state index in [4.69, 9.17) is 4.74 Å². The molecule has 2 aliphatic heterocycles. The fourth-order valence-corrected chi connectivity index (χ4v) is 4.30. The second kappa shape index (κ2) is 4.03. The highest BCUT2D eigenvalue weighted by Gasteiger charge is 2.35. The molecule has 96 valence electrons. The molecule has 18 heavy (non-hydrogen) atoms. The Labute approximate surface area is 110 Å². The van der Waals surface area contributed by atoms with Crippen LogP contribution in [0, 0.1) is 0 Å². The van der Waals surface area contributed by atoms with Crippen molar-refractivity contribution in [2.75, 3.05) is 18.0 Å². The van der Waals surface area contributed by atoms with Crippen LogP contribution in [0.1, 0.15) is 41.0 Å². The summed E-state index contributed by atoms with van der Waals surface area (Å²) < 4.78 is 5.84. The molecule has 2 bridgehead atoms. The zero-order chi connectivity index (χ0) is 12.1. The van der Waals surface area contributed by atoms with E-state index in [0.717, 1.165) is 36.8 Å². The van der Waals surface area contributed by atoms with E-state index < -0.39 is 0 Å². The van der Waals surface area contributed by atoms with Crippen LogP contribution in [0.3, 0.4) is 0 Å². The summed E-state index contributed by atoms with van der Waals surface area (Å²) in [6.45, 7) is 1.88. The summed E-state index contributed by atoms with van der Waals surface area (Å²) in [6, 6.07) is 0. The van der Waals surface area contributed by atoms with Gasteiger partial charge in [-0.3, -0.25) is 4.79 Å². The SMILES string of the molecule is O=C1CCCc2sc(N3CC4CCC(C3)O4)nc21. The topological polar surface area (TPSA) is 42.4 Å². The van der Waals surface area contributed by atoms with Crippen LogP contribution in [-0.4, -0.2) is 36.1 Å². The Morgan fingerprint density at radius 1 is 1.22 bits per heavy atom. The van der Waals surface area contributed by atoms with Gasteiger partial charge in [-0.1, -0.05) is 0 Å². The number of thiazole rings is 1. The lowest BCUT2D eigenvalue weighted by atomic mass is 10.0. The first kappa shape index (κ1) is 10.9. The summed E-state index contributed by atoms with van der Waals surface area (Å²) >= 11 is 1.72. The molecule has 2 fully saturated rings. The van der Waals surface area contributed by atoms with E-state index in [-0.39, 0.29) is 5.78 Å². The maximum atomic E-state index is 11.8. The van der Waals surface area contributed by atoms with Crippen molar-refractivity contribution in [3.63, 3.8) is 0 Å². The molecule has 0 spiro atoms. The number of aromatic nitrogens is 1. The molecule has 5 heteroatoms. The van der Waals surface area contributed by atoms with Gasteiger partial charge in [0.2, 0.25) is 0 Å². The third kappa shape index (κ3) is 1.68. The van der Waals surface area contributed by atoms with E-state index in [2.05, 4.69) is 9.88 Å². The number of carbonyl (C=O) groups is 1. The Kier molecular flexibility index (Phi) is 2.45. The predicted octanol–water partition coefficient (Wildman–Crippen LogP) is 2.03. The molecule has 3 aliphatic rings. The zero-order valence-corrected chi connectivity index (χ0v) is 11.0. The summed E-state index contributed by atoms with van der Waals surface area (Å²) in [5.74, 6) is 0.231. The van der Waals surface area contributed by atoms with E-state index in [0.29, 0.717) is 18.6 Å². The smallest absolute Gasteiger partial charge is 0.186 e. The van der Waals surface area contributed by atoms with Gasteiger partial charge in [-0.15, -0.1) is 11.3 Å². The standard InChI is InChI=1S/C13H16N2O2S/c16-10-2-1-3-11-12(10)14-13(18-11)15-6-8-4-5-9(7-15)17-8/h8-9H,1-7H2. The van der Waals surface area contributed by atoms with Crippen LogP contribution >= 0.6 is 11.3 Å². The zero-order valence-electron chi connectivity index (χ0n) is 10.2. The molecule has 3 heterocycles. The van der Waals surface area contributed by atoms with E-state index in [1.807, 2.05) is 0 Å². The monoisotopic (exact) mass is 264 g/mol. The molecule has 1 aliphatic carbocycles. The molecule has 2 atom stereocenters. The maximum absolute atomic E-state index is 11.8.